The molecule has 3 aromatic rings. The van der Waals surface area contributed by atoms with E-state index in [2.05, 4.69) is 20.4 Å². The summed E-state index contributed by atoms with van der Waals surface area (Å²) in [7, 11) is 0. The topological polar surface area (TPSA) is 99.4 Å². The van der Waals surface area contributed by atoms with E-state index in [-0.39, 0.29) is 18.5 Å². The van der Waals surface area contributed by atoms with Crippen molar-refractivity contribution in [2.45, 2.75) is 18.5 Å². The fourth-order valence-corrected chi connectivity index (χ4v) is 3.33. The first-order valence-corrected chi connectivity index (χ1v) is 9.21. The van der Waals surface area contributed by atoms with Gasteiger partial charge in [-0.1, -0.05) is 23.0 Å². The van der Waals surface area contributed by atoms with E-state index in [0.717, 1.165) is 11.3 Å². The van der Waals surface area contributed by atoms with Crippen molar-refractivity contribution in [3.05, 3.63) is 47.9 Å². The standard InChI is InChI=1S/C18H16N4O4S/c1-11-21-17(26-22-11)13-3-2-6-19-18(13)27-9-16(23)20-8-12-4-5-14-15(7-12)25-10-24-14/h2-7H,8-10H2,1H3,(H,20,23). The molecule has 1 N–H and O–H groups in total. The van der Waals surface area contributed by atoms with E-state index < -0.39 is 0 Å². The Balaban J connectivity index is 1.35. The largest absolute Gasteiger partial charge is 0.454 e. The summed E-state index contributed by atoms with van der Waals surface area (Å²) in [6.07, 6.45) is 1.67. The molecule has 138 valence electrons. The quantitative estimate of drug-likeness (QED) is 0.648. The molecule has 1 aromatic carbocycles. The first-order valence-electron chi connectivity index (χ1n) is 8.23. The van der Waals surface area contributed by atoms with Crippen LogP contribution in [0.15, 0.2) is 46.1 Å². The molecule has 0 saturated heterocycles. The van der Waals surface area contributed by atoms with Crippen LogP contribution in [0.2, 0.25) is 0 Å². The van der Waals surface area contributed by atoms with E-state index in [0.29, 0.717) is 34.6 Å². The van der Waals surface area contributed by atoms with Crippen molar-refractivity contribution in [2.24, 2.45) is 0 Å². The first-order chi connectivity index (χ1) is 13.2. The maximum atomic E-state index is 12.2. The molecule has 0 fully saturated rings. The number of hydrogen-bond acceptors (Lipinski definition) is 8. The monoisotopic (exact) mass is 384 g/mol. The van der Waals surface area contributed by atoms with Crippen LogP contribution in [0, 0.1) is 6.92 Å². The zero-order valence-corrected chi connectivity index (χ0v) is 15.3. The van der Waals surface area contributed by atoms with Gasteiger partial charge in [0.2, 0.25) is 12.7 Å². The lowest BCUT2D eigenvalue weighted by Gasteiger charge is -2.07. The normalized spacial score (nSPS) is 12.2. The molecule has 0 bridgehead atoms. The van der Waals surface area contributed by atoms with Gasteiger partial charge < -0.3 is 19.3 Å². The van der Waals surface area contributed by atoms with Gasteiger partial charge in [0.25, 0.3) is 5.89 Å². The molecule has 27 heavy (non-hydrogen) atoms. The van der Waals surface area contributed by atoms with Crippen molar-refractivity contribution in [1.29, 1.82) is 0 Å². The van der Waals surface area contributed by atoms with Gasteiger partial charge in [-0.05, 0) is 36.8 Å². The summed E-state index contributed by atoms with van der Waals surface area (Å²) in [6, 6.07) is 9.23. The fourth-order valence-electron chi connectivity index (χ4n) is 2.51. The van der Waals surface area contributed by atoms with Gasteiger partial charge in [-0.2, -0.15) is 4.98 Å². The summed E-state index contributed by atoms with van der Waals surface area (Å²) < 4.78 is 15.8. The van der Waals surface area contributed by atoms with E-state index >= 15 is 0 Å². The number of aryl methyl sites for hydroxylation is 1. The summed E-state index contributed by atoms with van der Waals surface area (Å²) >= 11 is 1.32. The first kappa shape index (κ1) is 17.3. The molecule has 1 amide bonds. The number of rotatable bonds is 6. The maximum Gasteiger partial charge on any atom is 0.260 e. The predicted octanol–water partition coefficient (Wildman–Crippen LogP) is 2.58. The smallest absolute Gasteiger partial charge is 0.260 e. The highest BCUT2D eigenvalue weighted by atomic mass is 32.2. The molecule has 0 unspecified atom stereocenters. The van der Waals surface area contributed by atoms with E-state index in [1.165, 1.54) is 11.8 Å². The van der Waals surface area contributed by atoms with Crippen LogP contribution in [0.25, 0.3) is 11.5 Å². The van der Waals surface area contributed by atoms with E-state index in [4.69, 9.17) is 14.0 Å². The summed E-state index contributed by atoms with van der Waals surface area (Å²) in [4.78, 5) is 20.7. The number of amides is 1. The Labute approximate surface area is 159 Å². The number of carbonyl (C=O) groups excluding carboxylic acids is 1. The number of pyridine rings is 1. The number of hydrogen-bond donors (Lipinski definition) is 1. The lowest BCUT2D eigenvalue weighted by Crippen LogP contribution is -2.24. The van der Waals surface area contributed by atoms with Crippen LogP contribution in [0.3, 0.4) is 0 Å². The summed E-state index contributed by atoms with van der Waals surface area (Å²) in [5, 5.41) is 7.35. The molecule has 2 aromatic heterocycles. The number of carbonyl (C=O) groups is 1. The lowest BCUT2D eigenvalue weighted by atomic mass is 10.2. The Hall–Kier alpha value is -3.07. The molecule has 1 aliphatic heterocycles. The molecule has 0 aliphatic carbocycles. The number of ether oxygens (including phenoxy) is 2. The zero-order valence-electron chi connectivity index (χ0n) is 14.5. The molecule has 3 heterocycles. The van der Waals surface area contributed by atoms with E-state index in [1.807, 2.05) is 24.3 Å². The Morgan fingerprint density at radius 1 is 1.26 bits per heavy atom. The zero-order chi connectivity index (χ0) is 18.6. The number of aromatic nitrogens is 3. The molecule has 0 saturated carbocycles. The van der Waals surface area contributed by atoms with Crippen LogP contribution in [-0.4, -0.2) is 33.6 Å². The fraction of sp³-hybridized carbons (Fsp3) is 0.222. The average Bonchev–Trinajstić information content (AvgIpc) is 3.33. The summed E-state index contributed by atoms with van der Waals surface area (Å²) in [6.45, 7) is 2.39. The number of nitrogens with zero attached hydrogens (tertiary/aromatic N) is 3. The van der Waals surface area contributed by atoms with Crippen molar-refractivity contribution in [2.75, 3.05) is 12.5 Å². The number of nitrogens with one attached hydrogen (secondary N) is 1. The minimum absolute atomic E-state index is 0.101. The highest BCUT2D eigenvalue weighted by Crippen LogP contribution is 2.32. The predicted molar refractivity (Wildman–Crippen MR) is 97.4 cm³/mol. The highest BCUT2D eigenvalue weighted by Gasteiger charge is 2.15. The van der Waals surface area contributed by atoms with Gasteiger partial charge in [-0.15, -0.1) is 0 Å². The van der Waals surface area contributed by atoms with Gasteiger partial charge >= 0.3 is 0 Å². The van der Waals surface area contributed by atoms with Crippen molar-refractivity contribution < 1.29 is 18.8 Å². The second-order valence-corrected chi connectivity index (χ2v) is 6.72. The SMILES string of the molecule is Cc1noc(-c2cccnc2SCC(=O)NCc2ccc3c(c2)OCO3)n1. The molecule has 0 spiro atoms. The third kappa shape index (κ3) is 4.03. The third-order valence-electron chi connectivity index (χ3n) is 3.80. The Morgan fingerprint density at radius 3 is 3.00 bits per heavy atom. The maximum absolute atomic E-state index is 12.2. The number of fused-ring (bicyclic) bond motifs is 1. The third-order valence-corrected chi connectivity index (χ3v) is 4.80. The molecule has 9 heteroatoms. The van der Waals surface area contributed by atoms with Gasteiger partial charge in [0.1, 0.15) is 5.03 Å². The van der Waals surface area contributed by atoms with Crippen molar-refractivity contribution in [3.63, 3.8) is 0 Å². The van der Waals surface area contributed by atoms with Crippen LogP contribution in [0.4, 0.5) is 0 Å². The minimum atomic E-state index is -0.101. The van der Waals surface area contributed by atoms with Crippen molar-refractivity contribution in [1.82, 2.24) is 20.4 Å². The Bertz CT molecular complexity index is 976. The van der Waals surface area contributed by atoms with Crippen LogP contribution < -0.4 is 14.8 Å². The molecular weight excluding hydrogens is 368 g/mol. The van der Waals surface area contributed by atoms with Crippen LogP contribution >= 0.6 is 11.8 Å². The molecule has 1 aliphatic rings. The Kier molecular flexibility index (Phi) is 4.93. The minimum Gasteiger partial charge on any atom is -0.454 e. The molecular formula is C18H16N4O4S. The van der Waals surface area contributed by atoms with Crippen LogP contribution in [-0.2, 0) is 11.3 Å². The molecule has 8 nitrogen and oxygen atoms in total. The molecule has 0 atom stereocenters. The van der Waals surface area contributed by atoms with E-state index in [1.54, 1.807) is 19.2 Å². The molecule has 4 rings (SSSR count). The Morgan fingerprint density at radius 2 is 2.15 bits per heavy atom. The highest BCUT2D eigenvalue weighted by molar-refractivity contribution is 8.00. The van der Waals surface area contributed by atoms with Crippen LogP contribution in [0.5, 0.6) is 11.5 Å². The summed E-state index contributed by atoms with van der Waals surface area (Å²) in [5.41, 5.74) is 1.66. The number of benzene rings is 1. The van der Waals surface area contributed by atoms with Gasteiger partial charge in [-0.25, -0.2) is 4.98 Å². The van der Waals surface area contributed by atoms with Gasteiger partial charge in [-0.3, -0.25) is 4.79 Å². The summed E-state index contributed by atoms with van der Waals surface area (Å²) in [5.74, 6) is 2.48. The van der Waals surface area contributed by atoms with Crippen LogP contribution in [0.1, 0.15) is 11.4 Å². The van der Waals surface area contributed by atoms with Gasteiger partial charge in [0.05, 0.1) is 11.3 Å². The second kappa shape index (κ2) is 7.67. The van der Waals surface area contributed by atoms with Gasteiger partial charge in [0.15, 0.2) is 17.3 Å². The van der Waals surface area contributed by atoms with Crippen molar-refractivity contribution in [3.8, 4) is 23.0 Å². The van der Waals surface area contributed by atoms with E-state index in [9.17, 15) is 4.79 Å². The number of thioether (sulfide) groups is 1. The molecule has 0 radical (unpaired) electrons. The second-order valence-electron chi connectivity index (χ2n) is 5.76. The van der Waals surface area contributed by atoms with Gasteiger partial charge in [0, 0.05) is 12.7 Å². The lowest BCUT2D eigenvalue weighted by molar-refractivity contribution is -0.118. The average molecular weight is 384 g/mol. The van der Waals surface area contributed by atoms with Crippen molar-refractivity contribution >= 4 is 17.7 Å².